The smallest absolute Gasteiger partial charge is 0.356 e. The number of carboxylic acids is 2. The molecule has 116 valence electrons. The summed E-state index contributed by atoms with van der Waals surface area (Å²) < 4.78 is 55.8. The number of hydrogen-bond acceptors (Lipinski definition) is 3. The molecule has 0 aliphatic rings. The van der Waals surface area contributed by atoms with Crippen LogP contribution in [0.1, 0.15) is 20.8 Å². The minimum absolute atomic E-state index is 0.567. The van der Waals surface area contributed by atoms with Crippen LogP contribution in [0.25, 0.3) is 11.3 Å². The molecule has 0 aliphatic heterocycles. The molecule has 0 aliphatic carbocycles. The van der Waals surface area contributed by atoms with Crippen molar-refractivity contribution in [2.75, 3.05) is 0 Å². The van der Waals surface area contributed by atoms with Gasteiger partial charge in [-0.1, -0.05) is 0 Å². The molecule has 0 unspecified atom stereocenters. The molecule has 10 heteroatoms. The van der Waals surface area contributed by atoms with E-state index in [1.807, 2.05) is 0 Å². The van der Waals surface area contributed by atoms with Crippen molar-refractivity contribution >= 4 is 11.9 Å². The lowest BCUT2D eigenvalue weighted by molar-refractivity contribution is 0.0675. The monoisotopic (exact) mass is 318 g/mol. The highest BCUT2D eigenvalue weighted by molar-refractivity contribution is 5.90. The fraction of sp³-hybridized carbons (Fsp3) is 0.0833. The van der Waals surface area contributed by atoms with E-state index >= 15 is 0 Å². The summed E-state index contributed by atoms with van der Waals surface area (Å²) >= 11 is 0. The Kier molecular flexibility index (Phi) is 3.61. The van der Waals surface area contributed by atoms with Gasteiger partial charge in [-0.05, 0) is 6.07 Å². The Morgan fingerprint density at radius 1 is 1.00 bits per heavy atom. The number of aryl methyl sites for hydroxylation is 1. The first kappa shape index (κ1) is 15.5. The molecule has 2 aromatic rings. The van der Waals surface area contributed by atoms with Gasteiger partial charge in [0.15, 0.2) is 29.0 Å². The van der Waals surface area contributed by atoms with Crippen molar-refractivity contribution in [3.8, 4) is 11.3 Å². The van der Waals surface area contributed by atoms with Crippen LogP contribution in [0.15, 0.2) is 6.07 Å². The van der Waals surface area contributed by atoms with Gasteiger partial charge in [-0.2, -0.15) is 5.10 Å². The van der Waals surface area contributed by atoms with E-state index < -0.39 is 57.7 Å². The van der Waals surface area contributed by atoms with E-state index in [1.165, 1.54) is 0 Å². The van der Waals surface area contributed by atoms with Crippen LogP contribution >= 0.6 is 0 Å². The van der Waals surface area contributed by atoms with Crippen LogP contribution in [0.5, 0.6) is 0 Å². The Morgan fingerprint density at radius 2 is 1.50 bits per heavy atom. The standard InChI is InChI=1S/C12H6F4N2O4/c1-18-4(2-3(17-18)11(19)20)5-7(13)9(15)6(12(21)22)10(16)8(5)14/h2H,1H3,(H,19,20)(H,21,22). The molecule has 0 spiro atoms. The maximum absolute atomic E-state index is 13.9. The third kappa shape index (κ3) is 2.18. The normalized spacial score (nSPS) is 10.8. The van der Waals surface area contributed by atoms with Crippen molar-refractivity contribution in [2.24, 2.45) is 7.05 Å². The van der Waals surface area contributed by atoms with Crippen molar-refractivity contribution in [2.45, 2.75) is 0 Å². The molecule has 22 heavy (non-hydrogen) atoms. The Labute approximate surface area is 119 Å². The molecule has 1 aromatic heterocycles. The van der Waals surface area contributed by atoms with Gasteiger partial charge in [0.1, 0.15) is 5.56 Å². The lowest BCUT2D eigenvalue weighted by Crippen LogP contribution is -2.12. The lowest BCUT2D eigenvalue weighted by atomic mass is 10.0. The van der Waals surface area contributed by atoms with Crippen molar-refractivity contribution < 1.29 is 37.4 Å². The zero-order chi connectivity index (χ0) is 16.8. The average Bonchev–Trinajstić information content (AvgIpc) is 2.79. The molecule has 0 amide bonds. The van der Waals surface area contributed by atoms with Gasteiger partial charge in [0.05, 0.1) is 11.3 Å². The second-order valence-electron chi connectivity index (χ2n) is 4.15. The van der Waals surface area contributed by atoms with E-state index in [4.69, 9.17) is 10.2 Å². The molecule has 0 radical (unpaired) electrons. The highest BCUT2D eigenvalue weighted by atomic mass is 19.2. The van der Waals surface area contributed by atoms with Crippen LogP contribution in [0.2, 0.25) is 0 Å². The first-order valence-electron chi connectivity index (χ1n) is 5.53. The Morgan fingerprint density at radius 3 is 1.86 bits per heavy atom. The molecule has 0 bridgehead atoms. The van der Waals surface area contributed by atoms with E-state index in [1.54, 1.807) is 0 Å². The molecule has 2 rings (SSSR count). The van der Waals surface area contributed by atoms with Gasteiger partial charge in [-0.25, -0.2) is 27.2 Å². The number of nitrogens with zero attached hydrogens (tertiary/aromatic N) is 2. The highest BCUT2D eigenvalue weighted by Gasteiger charge is 2.31. The third-order valence-electron chi connectivity index (χ3n) is 2.83. The zero-order valence-electron chi connectivity index (χ0n) is 10.7. The SMILES string of the molecule is Cn1nc(C(=O)O)cc1-c1c(F)c(F)c(C(=O)O)c(F)c1F. The predicted octanol–water partition coefficient (Wildman–Crippen LogP) is 2.04. The summed E-state index contributed by atoms with van der Waals surface area (Å²) in [6, 6.07) is 0.698. The Hall–Kier alpha value is -2.91. The minimum atomic E-state index is -2.18. The molecule has 1 heterocycles. The van der Waals surface area contributed by atoms with Gasteiger partial charge in [0.25, 0.3) is 0 Å². The minimum Gasteiger partial charge on any atom is -0.477 e. The number of halogens is 4. The quantitative estimate of drug-likeness (QED) is 0.667. The second kappa shape index (κ2) is 5.13. The number of benzene rings is 1. The third-order valence-corrected chi connectivity index (χ3v) is 2.83. The maximum atomic E-state index is 13.9. The molecule has 0 saturated carbocycles. The van der Waals surface area contributed by atoms with Crippen molar-refractivity contribution in [1.82, 2.24) is 9.78 Å². The molecular formula is C12H6F4N2O4. The average molecular weight is 318 g/mol. The van der Waals surface area contributed by atoms with Crippen LogP contribution in [-0.2, 0) is 7.05 Å². The topological polar surface area (TPSA) is 92.4 Å². The first-order valence-corrected chi connectivity index (χ1v) is 5.53. The van der Waals surface area contributed by atoms with Crippen LogP contribution in [0.3, 0.4) is 0 Å². The number of aromatic carboxylic acids is 2. The van der Waals surface area contributed by atoms with Crippen molar-refractivity contribution in [3.05, 3.63) is 40.6 Å². The Bertz CT molecular complexity index is 787. The summed E-state index contributed by atoms with van der Waals surface area (Å²) in [5.41, 5.74) is -4.21. The van der Waals surface area contributed by atoms with E-state index in [0.717, 1.165) is 7.05 Å². The summed E-state index contributed by atoms with van der Waals surface area (Å²) in [7, 11) is 1.10. The molecule has 0 fully saturated rings. The zero-order valence-corrected chi connectivity index (χ0v) is 10.7. The van der Waals surface area contributed by atoms with E-state index in [0.29, 0.717) is 10.7 Å². The van der Waals surface area contributed by atoms with Gasteiger partial charge in [-0.15, -0.1) is 0 Å². The molecule has 1 aromatic carbocycles. The van der Waals surface area contributed by atoms with Crippen LogP contribution in [-0.4, -0.2) is 31.9 Å². The number of rotatable bonds is 3. The van der Waals surface area contributed by atoms with Crippen molar-refractivity contribution in [1.29, 1.82) is 0 Å². The summed E-state index contributed by atoms with van der Waals surface area (Å²) in [5, 5.41) is 20.7. The highest BCUT2D eigenvalue weighted by Crippen LogP contribution is 2.32. The van der Waals surface area contributed by atoms with Gasteiger partial charge >= 0.3 is 11.9 Å². The predicted molar refractivity (Wildman–Crippen MR) is 62.4 cm³/mol. The molecular weight excluding hydrogens is 312 g/mol. The first-order chi connectivity index (χ1) is 10.2. The number of aromatic nitrogens is 2. The molecule has 0 saturated heterocycles. The fourth-order valence-electron chi connectivity index (χ4n) is 1.85. The largest absolute Gasteiger partial charge is 0.477 e. The second-order valence-corrected chi connectivity index (χ2v) is 4.15. The molecule has 0 atom stereocenters. The molecule has 2 N–H and O–H groups in total. The fourth-order valence-corrected chi connectivity index (χ4v) is 1.85. The van der Waals surface area contributed by atoms with Gasteiger partial charge < -0.3 is 10.2 Å². The van der Waals surface area contributed by atoms with Crippen LogP contribution < -0.4 is 0 Å². The van der Waals surface area contributed by atoms with Gasteiger partial charge in [-0.3, -0.25) is 4.68 Å². The van der Waals surface area contributed by atoms with Crippen LogP contribution in [0, 0.1) is 23.3 Å². The summed E-state index contributed by atoms with van der Waals surface area (Å²) in [6.07, 6.45) is 0. The van der Waals surface area contributed by atoms with Gasteiger partial charge in [0, 0.05) is 7.05 Å². The van der Waals surface area contributed by atoms with E-state index in [-0.39, 0.29) is 0 Å². The van der Waals surface area contributed by atoms with Gasteiger partial charge in [0.2, 0.25) is 0 Å². The van der Waals surface area contributed by atoms with E-state index in [2.05, 4.69) is 5.10 Å². The van der Waals surface area contributed by atoms with E-state index in [9.17, 15) is 27.2 Å². The Balaban J connectivity index is 2.83. The number of carboxylic acid groups (broad SMARTS) is 2. The summed E-state index contributed by atoms with van der Waals surface area (Å²) in [4.78, 5) is 21.4. The summed E-state index contributed by atoms with van der Waals surface area (Å²) in [6.45, 7) is 0. The number of carbonyl (C=O) groups is 2. The van der Waals surface area contributed by atoms with Crippen LogP contribution in [0.4, 0.5) is 17.6 Å². The summed E-state index contributed by atoms with van der Waals surface area (Å²) in [5.74, 6) is -11.8. The molecule has 6 nitrogen and oxygen atoms in total. The lowest BCUT2D eigenvalue weighted by Gasteiger charge is -2.09. The maximum Gasteiger partial charge on any atom is 0.356 e. The van der Waals surface area contributed by atoms with Crippen molar-refractivity contribution in [3.63, 3.8) is 0 Å². The number of hydrogen-bond donors (Lipinski definition) is 2.